The predicted octanol–water partition coefficient (Wildman–Crippen LogP) is 3.55. The molecular formula is C8H20O6P2S. The zero-order valence-corrected chi connectivity index (χ0v) is 12.7. The van der Waals surface area contributed by atoms with Crippen LogP contribution in [0.1, 0.15) is 39.5 Å². The molecule has 0 aliphatic rings. The van der Waals surface area contributed by atoms with E-state index >= 15 is 0 Å². The Balaban J connectivity index is 4.09. The van der Waals surface area contributed by atoms with E-state index in [1.165, 1.54) is 0 Å². The fourth-order valence-electron chi connectivity index (χ4n) is 0.826. The van der Waals surface area contributed by atoms with Gasteiger partial charge in [-0.05, 0) is 12.8 Å². The Morgan fingerprint density at radius 1 is 0.941 bits per heavy atom. The first kappa shape index (κ1) is 17.6. The van der Waals surface area contributed by atoms with Crippen LogP contribution < -0.4 is 0 Å². The van der Waals surface area contributed by atoms with E-state index in [1.807, 2.05) is 13.8 Å². The predicted molar refractivity (Wildman–Crippen MR) is 69.0 cm³/mol. The highest BCUT2D eigenvalue weighted by Gasteiger charge is 2.34. The standard InChI is InChI=1S/C8H20O6P2S/c1-3-5-7-13-15(9,10)17-16(11,12)14-8-6-4-2/h3-8H2,1-2H3,(H,9,10)(H,11,12). The van der Waals surface area contributed by atoms with Crippen LogP contribution in [0.25, 0.3) is 0 Å². The summed E-state index contributed by atoms with van der Waals surface area (Å²) in [6.45, 7) is -4.24. The summed E-state index contributed by atoms with van der Waals surface area (Å²) in [6.07, 6.45) is 2.87. The van der Waals surface area contributed by atoms with Crippen LogP contribution in [0.3, 0.4) is 0 Å². The Hall–Kier alpha value is 0.650. The van der Waals surface area contributed by atoms with E-state index in [9.17, 15) is 18.9 Å². The topological polar surface area (TPSA) is 93.1 Å². The quantitative estimate of drug-likeness (QED) is 0.471. The van der Waals surface area contributed by atoms with E-state index < -0.39 is 13.6 Å². The van der Waals surface area contributed by atoms with E-state index in [0.717, 1.165) is 12.8 Å². The SMILES string of the molecule is CCCCOP(=O)(O)SP(=O)(O)OCCCC. The minimum absolute atomic E-state index is 0.0172. The molecule has 0 saturated carbocycles. The highest BCUT2D eigenvalue weighted by Crippen LogP contribution is 2.74. The van der Waals surface area contributed by atoms with Crippen molar-refractivity contribution in [3.8, 4) is 0 Å². The van der Waals surface area contributed by atoms with Gasteiger partial charge in [0.05, 0.1) is 24.2 Å². The molecule has 0 radical (unpaired) electrons. The van der Waals surface area contributed by atoms with E-state index in [4.69, 9.17) is 0 Å². The van der Waals surface area contributed by atoms with Crippen molar-refractivity contribution < 1.29 is 28.0 Å². The maximum absolute atomic E-state index is 11.4. The van der Waals surface area contributed by atoms with Crippen LogP contribution in [0.2, 0.25) is 0 Å². The molecule has 0 aliphatic carbocycles. The first-order valence-corrected chi connectivity index (χ1v) is 10.7. The van der Waals surface area contributed by atoms with Crippen molar-refractivity contribution in [2.75, 3.05) is 13.2 Å². The van der Waals surface area contributed by atoms with Gasteiger partial charge in [-0.1, -0.05) is 26.7 Å². The summed E-state index contributed by atoms with van der Waals surface area (Å²) in [6, 6.07) is 0. The molecule has 0 heterocycles. The van der Waals surface area contributed by atoms with Gasteiger partial charge < -0.3 is 18.8 Å². The smallest absolute Gasteiger partial charge is 0.316 e. The zero-order chi connectivity index (χ0) is 13.4. The minimum atomic E-state index is -4.11. The Bertz CT molecular complexity index is 270. The average molecular weight is 306 g/mol. The second-order valence-electron chi connectivity index (χ2n) is 3.39. The molecule has 104 valence electrons. The van der Waals surface area contributed by atoms with Crippen LogP contribution in [-0.4, -0.2) is 23.0 Å². The Labute approximate surface area is 106 Å². The van der Waals surface area contributed by atoms with Crippen LogP contribution in [0.4, 0.5) is 0 Å². The van der Waals surface area contributed by atoms with Gasteiger partial charge in [-0.2, -0.15) is 0 Å². The molecule has 0 aromatic rings. The second-order valence-corrected chi connectivity index (χ2v) is 10.7. The fraction of sp³-hybridized carbons (Fsp3) is 1.00. The molecule has 2 unspecified atom stereocenters. The lowest BCUT2D eigenvalue weighted by Crippen LogP contribution is -1.93. The van der Waals surface area contributed by atoms with E-state index in [0.29, 0.717) is 12.8 Å². The number of hydrogen-bond donors (Lipinski definition) is 2. The van der Waals surface area contributed by atoms with Crippen molar-refractivity contribution >= 4 is 24.6 Å². The number of unbranched alkanes of at least 4 members (excludes halogenated alkanes) is 2. The van der Waals surface area contributed by atoms with Crippen LogP contribution in [0.15, 0.2) is 0 Å². The first-order chi connectivity index (χ1) is 7.83. The lowest BCUT2D eigenvalue weighted by Gasteiger charge is -2.14. The van der Waals surface area contributed by atoms with Gasteiger partial charge >= 0.3 is 13.6 Å². The van der Waals surface area contributed by atoms with Crippen molar-refractivity contribution in [3.63, 3.8) is 0 Å². The van der Waals surface area contributed by atoms with Gasteiger partial charge in [0, 0.05) is 0 Å². The number of rotatable bonds is 10. The summed E-state index contributed by atoms with van der Waals surface area (Å²) in [4.78, 5) is 18.6. The van der Waals surface area contributed by atoms with Gasteiger partial charge in [-0.3, -0.25) is 0 Å². The van der Waals surface area contributed by atoms with Crippen LogP contribution in [0.5, 0.6) is 0 Å². The third-order valence-corrected chi connectivity index (χ3v) is 8.73. The maximum Gasteiger partial charge on any atom is 0.397 e. The summed E-state index contributed by atoms with van der Waals surface area (Å²) in [5.41, 5.74) is 0. The molecule has 0 aromatic carbocycles. The number of hydrogen-bond acceptors (Lipinski definition) is 5. The summed E-state index contributed by atoms with van der Waals surface area (Å²) < 4.78 is 32.2. The lowest BCUT2D eigenvalue weighted by atomic mass is 10.4. The van der Waals surface area contributed by atoms with Crippen molar-refractivity contribution in [1.82, 2.24) is 0 Å². The molecule has 2 atom stereocenters. The first-order valence-electron chi connectivity index (χ1n) is 5.49. The second kappa shape index (κ2) is 8.70. The van der Waals surface area contributed by atoms with Gasteiger partial charge in [-0.25, -0.2) is 9.13 Å². The van der Waals surface area contributed by atoms with Gasteiger partial charge in [0.2, 0.25) is 0 Å². The third kappa shape index (κ3) is 10.3. The Kier molecular flexibility index (Phi) is 9.03. The summed E-state index contributed by atoms with van der Waals surface area (Å²) in [5, 5.41) is 0. The summed E-state index contributed by atoms with van der Waals surface area (Å²) in [7, 11) is 0. The van der Waals surface area contributed by atoms with Gasteiger partial charge in [0.15, 0.2) is 0 Å². The van der Waals surface area contributed by atoms with Crippen molar-refractivity contribution in [2.24, 2.45) is 0 Å². The van der Waals surface area contributed by atoms with E-state index in [2.05, 4.69) is 9.05 Å². The Morgan fingerprint density at radius 2 is 1.29 bits per heavy atom. The van der Waals surface area contributed by atoms with Crippen LogP contribution in [-0.2, 0) is 18.2 Å². The summed E-state index contributed by atoms with van der Waals surface area (Å²) >= 11 is -0.0172. The lowest BCUT2D eigenvalue weighted by molar-refractivity contribution is 0.266. The van der Waals surface area contributed by atoms with Gasteiger partial charge in [-0.15, -0.1) is 0 Å². The highest BCUT2D eigenvalue weighted by atomic mass is 33.1. The van der Waals surface area contributed by atoms with Crippen LogP contribution in [0, 0.1) is 0 Å². The molecule has 0 rings (SSSR count). The van der Waals surface area contributed by atoms with E-state index in [1.54, 1.807) is 0 Å². The van der Waals surface area contributed by atoms with Crippen molar-refractivity contribution in [1.29, 1.82) is 0 Å². The third-order valence-electron chi connectivity index (χ3n) is 1.71. The molecule has 2 N–H and O–H groups in total. The molecule has 0 aromatic heterocycles. The molecule has 6 nitrogen and oxygen atoms in total. The molecule has 17 heavy (non-hydrogen) atoms. The summed E-state index contributed by atoms with van der Waals surface area (Å²) in [5.74, 6) is 0. The molecule has 0 amide bonds. The molecular weight excluding hydrogens is 286 g/mol. The molecule has 0 aliphatic heterocycles. The van der Waals surface area contributed by atoms with Gasteiger partial charge in [0.1, 0.15) is 0 Å². The van der Waals surface area contributed by atoms with Crippen LogP contribution >= 0.6 is 24.6 Å². The molecule has 0 saturated heterocycles. The molecule has 0 spiro atoms. The van der Waals surface area contributed by atoms with E-state index in [-0.39, 0.29) is 24.2 Å². The molecule has 0 bridgehead atoms. The normalized spacial score (nSPS) is 18.6. The highest BCUT2D eigenvalue weighted by molar-refractivity contribution is 8.84. The minimum Gasteiger partial charge on any atom is -0.316 e. The molecule has 9 heteroatoms. The van der Waals surface area contributed by atoms with Gasteiger partial charge in [0.25, 0.3) is 0 Å². The Morgan fingerprint density at radius 3 is 1.59 bits per heavy atom. The zero-order valence-electron chi connectivity index (χ0n) is 10.1. The monoisotopic (exact) mass is 306 g/mol. The maximum atomic E-state index is 11.4. The molecule has 0 fully saturated rings. The fourth-order valence-corrected chi connectivity index (χ4v) is 6.61. The average Bonchev–Trinajstić information content (AvgIpc) is 2.16. The van der Waals surface area contributed by atoms with Crippen molar-refractivity contribution in [2.45, 2.75) is 39.5 Å². The largest absolute Gasteiger partial charge is 0.397 e. The van der Waals surface area contributed by atoms with Crippen molar-refractivity contribution in [3.05, 3.63) is 0 Å².